The van der Waals surface area contributed by atoms with E-state index in [1.165, 1.54) is 0 Å². The highest BCUT2D eigenvalue weighted by Gasteiger charge is 2.18. The van der Waals surface area contributed by atoms with Gasteiger partial charge in [0.05, 0.1) is 10.7 Å². The highest BCUT2D eigenvalue weighted by molar-refractivity contribution is 7.09. The van der Waals surface area contributed by atoms with Gasteiger partial charge in [-0.05, 0) is 6.92 Å². The van der Waals surface area contributed by atoms with Crippen molar-refractivity contribution in [2.45, 2.75) is 20.4 Å². The SMILES string of the molecule is CC(=O)N1CCN(Cc2csc(C)n2)CC1. The molecule has 2 heterocycles. The van der Waals surface area contributed by atoms with E-state index in [2.05, 4.69) is 15.3 Å². The van der Waals surface area contributed by atoms with Gasteiger partial charge in [-0.3, -0.25) is 9.69 Å². The molecule has 1 aromatic rings. The van der Waals surface area contributed by atoms with E-state index in [1.807, 2.05) is 11.8 Å². The van der Waals surface area contributed by atoms with Crippen LogP contribution in [0.3, 0.4) is 0 Å². The molecule has 0 aromatic carbocycles. The third-order valence-electron chi connectivity index (χ3n) is 2.87. The first kappa shape index (κ1) is 11.5. The van der Waals surface area contributed by atoms with Crippen LogP contribution in [0.1, 0.15) is 17.6 Å². The lowest BCUT2D eigenvalue weighted by molar-refractivity contribution is -0.130. The number of aromatic nitrogens is 1. The molecule has 88 valence electrons. The number of piperazine rings is 1. The van der Waals surface area contributed by atoms with Crippen LogP contribution >= 0.6 is 11.3 Å². The standard InChI is InChI=1S/C11H17N3OS/c1-9-12-11(8-16-9)7-13-3-5-14(6-4-13)10(2)15/h8H,3-7H2,1-2H3. The number of carbonyl (C=O) groups excluding carboxylic acids is 1. The van der Waals surface area contributed by atoms with Crippen LogP contribution in [0.5, 0.6) is 0 Å². The fourth-order valence-electron chi connectivity index (χ4n) is 1.93. The van der Waals surface area contributed by atoms with Gasteiger partial charge < -0.3 is 4.90 Å². The maximum absolute atomic E-state index is 11.2. The molecule has 1 aromatic heterocycles. The molecule has 1 aliphatic heterocycles. The molecule has 2 rings (SSSR count). The van der Waals surface area contributed by atoms with Crippen molar-refractivity contribution in [1.82, 2.24) is 14.8 Å². The van der Waals surface area contributed by atoms with Crippen LogP contribution in [0.25, 0.3) is 0 Å². The second-order valence-electron chi connectivity index (χ2n) is 4.14. The molecule has 0 spiro atoms. The lowest BCUT2D eigenvalue weighted by atomic mass is 10.3. The summed E-state index contributed by atoms with van der Waals surface area (Å²) in [5, 5.41) is 3.24. The van der Waals surface area contributed by atoms with Gasteiger partial charge in [-0.25, -0.2) is 4.98 Å². The zero-order valence-electron chi connectivity index (χ0n) is 9.77. The van der Waals surface area contributed by atoms with Crippen LogP contribution in [-0.4, -0.2) is 46.9 Å². The van der Waals surface area contributed by atoms with Crippen LogP contribution in [0.2, 0.25) is 0 Å². The number of thiazole rings is 1. The minimum absolute atomic E-state index is 0.184. The number of amides is 1. The van der Waals surface area contributed by atoms with Gasteiger partial charge in [-0.1, -0.05) is 0 Å². The Kier molecular flexibility index (Phi) is 3.56. The van der Waals surface area contributed by atoms with Crippen LogP contribution in [0.4, 0.5) is 0 Å². The zero-order valence-corrected chi connectivity index (χ0v) is 10.6. The quantitative estimate of drug-likeness (QED) is 0.776. The molecule has 0 bridgehead atoms. The van der Waals surface area contributed by atoms with E-state index in [1.54, 1.807) is 18.3 Å². The summed E-state index contributed by atoms with van der Waals surface area (Å²) in [5.41, 5.74) is 1.15. The van der Waals surface area contributed by atoms with Crippen molar-refractivity contribution >= 4 is 17.2 Å². The second kappa shape index (κ2) is 4.93. The van der Waals surface area contributed by atoms with Crippen LogP contribution < -0.4 is 0 Å². The van der Waals surface area contributed by atoms with Gasteiger partial charge in [-0.15, -0.1) is 11.3 Å². The number of aryl methyl sites for hydroxylation is 1. The minimum atomic E-state index is 0.184. The Hall–Kier alpha value is -0.940. The van der Waals surface area contributed by atoms with Gasteiger partial charge in [0.1, 0.15) is 0 Å². The van der Waals surface area contributed by atoms with Crippen LogP contribution in [0.15, 0.2) is 5.38 Å². The maximum atomic E-state index is 11.2. The van der Waals surface area contributed by atoms with Gasteiger partial charge in [0, 0.05) is 45.0 Å². The fraction of sp³-hybridized carbons (Fsp3) is 0.636. The molecule has 1 amide bonds. The number of nitrogens with zero attached hydrogens (tertiary/aromatic N) is 3. The zero-order chi connectivity index (χ0) is 11.5. The first-order chi connectivity index (χ1) is 7.65. The summed E-state index contributed by atoms with van der Waals surface area (Å²) in [5.74, 6) is 0.184. The highest BCUT2D eigenvalue weighted by atomic mass is 32.1. The third kappa shape index (κ3) is 2.80. The molecule has 0 saturated carbocycles. The van der Waals surface area contributed by atoms with Crippen molar-refractivity contribution in [2.75, 3.05) is 26.2 Å². The van der Waals surface area contributed by atoms with Gasteiger partial charge in [-0.2, -0.15) is 0 Å². The monoisotopic (exact) mass is 239 g/mol. The fourth-order valence-corrected chi connectivity index (χ4v) is 2.53. The average molecular weight is 239 g/mol. The molecular formula is C11H17N3OS. The van der Waals surface area contributed by atoms with Gasteiger partial charge in [0.25, 0.3) is 0 Å². The number of rotatable bonds is 2. The summed E-state index contributed by atoms with van der Waals surface area (Å²) in [6.07, 6.45) is 0. The lowest BCUT2D eigenvalue weighted by Crippen LogP contribution is -2.47. The van der Waals surface area contributed by atoms with E-state index in [4.69, 9.17) is 0 Å². The molecule has 0 unspecified atom stereocenters. The third-order valence-corrected chi connectivity index (χ3v) is 3.69. The molecule has 16 heavy (non-hydrogen) atoms. The summed E-state index contributed by atoms with van der Waals surface area (Å²) < 4.78 is 0. The van der Waals surface area contributed by atoms with Gasteiger partial charge >= 0.3 is 0 Å². The topological polar surface area (TPSA) is 36.4 Å². The predicted octanol–water partition coefficient (Wildman–Crippen LogP) is 1.12. The Labute approximate surface area is 99.9 Å². The number of hydrogen-bond donors (Lipinski definition) is 0. The Balaban J connectivity index is 1.83. The van der Waals surface area contributed by atoms with Crippen LogP contribution in [0, 0.1) is 6.92 Å². The van der Waals surface area contributed by atoms with Crippen molar-refractivity contribution < 1.29 is 4.79 Å². The van der Waals surface area contributed by atoms with E-state index in [9.17, 15) is 4.79 Å². The molecule has 0 atom stereocenters. The predicted molar refractivity (Wildman–Crippen MR) is 64.4 cm³/mol. The Morgan fingerprint density at radius 3 is 2.62 bits per heavy atom. The van der Waals surface area contributed by atoms with E-state index < -0.39 is 0 Å². The first-order valence-corrected chi connectivity index (χ1v) is 6.42. The summed E-state index contributed by atoms with van der Waals surface area (Å²) in [4.78, 5) is 19.9. The molecular weight excluding hydrogens is 222 g/mol. The largest absolute Gasteiger partial charge is 0.340 e. The summed E-state index contributed by atoms with van der Waals surface area (Å²) >= 11 is 1.70. The number of hydrogen-bond acceptors (Lipinski definition) is 4. The minimum Gasteiger partial charge on any atom is -0.340 e. The van der Waals surface area contributed by atoms with Crippen molar-refractivity contribution in [2.24, 2.45) is 0 Å². The summed E-state index contributed by atoms with van der Waals surface area (Å²) in [6.45, 7) is 8.18. The van der Waals surface area contributed by atoms with Crippen molar-refractivity contribution in [1.29, 1.82) is 0 Å². The molecule has 1 saturated heterocycles. The maximum Gasteiger partial charge on any atom is 0.219 e. The lowest BCUT2D eigenvalue weighted by Gasteiger charge is -2.33. The van der Waals surface area contributed by atoms with E-state index in [0.717, 1.165) is 43.4 Å². The Morgan fingerprint density at radius 1 is 1.44 bits per heavy atom. The van der Waals surface area contributed by atoms with Crippen molar-refractivity contribution in [3.05, 3.63) is 16.1 Å². The van der Waals surface area contributed by atoms with Gasteiger partial charge in [0.15, 0.2) is 0 Å². The first-order valence-electron chi connectivity index (χ1n) is 5.54. The number of carbonyl (C=O) groups is 1. The second-order valence-corrected chi connectivity index (χ2v) is 5.20. The highest BCUT2D eigenvalue weighted by Crippen LogP contribution is 2.12. The summed E-state index contributed by atoms with van der Waals surface area (Å²) in [7, 11) is 0. The Bertz CT molecular complexity index is 369. The summed E-state index contributed by atoms with van der Waals surface area (Å²) in [6, 6.07) is 0. The molecule has 1 fully saturated rings. The molecule has 0 aliphatic carbocycles. The van der Waals surface area contributed by atoms with E-state index in [-0.39, 0.29) is 5.91 Å². The van der Waals surface area contributed by atoms with Crippen LogP contribution in [-0.2, 0) is 11.3 Å². The van der Waals surface area contributed by atoms with Crippen molar-refractivity contribution in [3.63, 3.8) is 0 Å². The molecule has 5 heteroatoms. The Morgan fingerprint density at radius 2 is 2.12 bits per heavy atom. The van der Waals surface area contributed by atoms with Crippen molar-refractivity contribution in [3.8, 4) is 0 Å². The molecule has 0 N–H and O–H groups in total. The molecule has 1 aliphatic rings. The van der Waals surface area contributed by atoms with E-state index in [0.29, 0.717) is 0 Å². The molecule has 4 nitrogen and oxygen atoms in total. The van der Waals surface area contributed by atoms with E-state index >= 15 is 0 Å². The van der Waals surface area contributed by atoms with Gasteiger partial charge in [0.2, 0.25) is 5.91 Å². The average Bonchev–Trinajstić information content (AvgIpc) is 2.65. The normalized spacial score (nSPS) is 17.8. The molecule has 0 radical (unpaired) electrons. The smallest absolute Gasteiger partial charge is 0.219 e.